The molecule has 17 heavy (non-hydrogen) atoms. The Morgan fingerprint density at radius 3 is 2.24 bits per heavy atom. The van der Waals surface area contributed by atoms with Gasteiger partial charge in [0.2, 0.25) is 0 Å². The van der Waals surface area contributed by atoms with Gasteiger partial charge < -0.3 is 5.11 Å². The molecule has 0 spiro atoms. The van der Waals surface area contributed by atoms with Gasteiger partial charge in [-0.2, -0.15) is 0 Å². The second-order valence-corrected chi connectivity index (χ2v) is 6.26. The van der Waals surface area contributed by atoms with Crippen LogP contribution >= 0.6 is 0 Å². The van der Waals surface area contributed by atoms with E-state index < -0.39 is 0 Å². The van der Waals surface area contributed by atoms with Gasteiger partial charge in [-0.3, -0.25) is 0 Å². The van der Waals surface area contributed by atoms with Gasteiger partial charge in [0, 0.05) is 6.61 Å². The van der Waals surface area contributed by atoms with Crippen molar-refractivity contribution in [3.63, 3.8) is 0 Å². The molecular weight excluding hydrogens is 208 g/mol. The predicted molar refractivity (Wildman–Crippen MR) is 75.1 cm³/mol. The fourth-order valence-corrected chi connectivity index (χ4v) is 3.26. The van der Waals surface area contributed by atoms with Gasteiger partial charge in [0.25, 0.3) is 0 Å². The van der Waals surface area contributed by atoms with Crippen LogP contribution in [0.15, 0.2) is 0 Å². The van der Waals surface area contributed by atoms with Crippen molar-refractivity contribution >= 4 is 0 Å². The van der Waals surface area contributed by atoms with Crippen LogP contribution in [-0.4, -0.2) is 11.7 Å². The molecule has 0 aromatic rings. The third-order valence-corrected chi connectivity index (χ3v) is 4.48. The quantitative estimate of drug-likeness (QED) is 0.605. The van der Waals surface area contributed by atoms with E-state index in [4.69, 9.17) is 5.11 Å². The minimum atomic E-state index is 0.372. The SMILES string of the molecule is CCCCCCC1CCC(CC(C)CO)CC1. The van der Waals surface area contributed by atoms with Gasteiger partial charge in [0.05, 0.1) is 0 Å². The lowest BCUT2D eigenvalue weighted by Gasteiger charge is -2.29. The summed E-state index contributed by atoms with van der Waals surface area (Å²) >= 11 is 0. The van der Waals surface area contributed by atoms with Crippen molar-refractivity contribution in [1.29, 1.82) is 0 Å². The third-order valence-electron chi connectivity index (χ3n) is 4.48. The molecule has 1 nitrogen and oxygen atoms in total. The molecule has 1 aliphatic carbocycles. The van der Waals surface area contributed by atoms with Crippen LogP contribution in [0.1, 0.15) is 78.1 Å². The van der Waals surface area contributed by atoms with Crippen LogP contribution in [0.4, 0.5) is 0 Å². The number of hydrogen-bond acceptors (Lipinski definition) is 1. The Kier molecular flexibility index (Phi) is 7.92. The maximum atomic E-state index is 9.08. The molecular formula is C16H32O. The summed E-state index contributed by atoms with van der Waals surface area (Å²) in [5, 5.41) is 9.08. The van der Waals surface area contributed by atoms with Gasteiger partial charge in [0.1, 0.15) is 0 Å². The number of aliphatic hydroxyl groups is 1. The fraction of sp³-hybridized carbons (Fsp3) is 1.00. The van der Waals surface area contributed by atoms with E-state index in [1.165, 1.54) is 64.2 Å². The van der Waals surface area contributed by atoms with Crippen molar-refractivity contribution in [1.82, 2.24) is 0 Å². The summed E-state index contributed by atoms with van der Waals surface area (Å²) < 4.78 is 0. The van der Waals surface area contributed by atoms with Gasteiger partial charge in [-0.15, -0.1) is 0 Å². The average molecular weight is 240 g/mol. The fourth-order valence-electron chi connectivity index (χ4n) is 3.26. The zero-order valence-electron chi connectivity index (χ0n) is 12.0. The maximum Gasteiger partial charge on any atom is 0.0456 e. The second kappa shape index (κ2) is 8.97. The summed E-state index contributed by atoms with van der Waals surface area (Å²) in [6, 6.07) is 0. The molecule has 1 heteroatoms. The number of rotatable bonds is 8. The molecule has 1 unspecified atom stereocenters. The van der Waals surface area contributed by atoms with E-state index in [0.29, 0.717) is 12.5 Å². The minimum absolute atomic E-state index is 0.372. The van der Waals surface area contributed by atoms with Gasteiger partial charge >= 0.3 is 0 Å². The molecule has 102 valence electrons. The summed E-state index contributed by atoms with van der Waals surface area (Å²) in [7, 11) is 0. The van der Waals surface area contributed by atoms with Crippen molar-refractivity contribution in [3.05, 3.63) is 0 Å². The van der Waals surface area contributed by atoms with E-state index in [1.54, 1.807) is 0 Å². The van der Waals surface area contributed by atoms with E-state index in [-0.39, 0.29) is 0 Å². The first-order chi connectivity index (χ1) is 8.26. The monoisotopic (exact) mass is 240 g/mol. The highest BCUT2D eigenvalue weighted by molar-refractivity contribution is 4.74. The lowest BCUT2D eigenvalue weighted by atomic mass is 9.77. The third kappa shape index (κ3) is 6.45. The first kappa shape index (κ1) is 15.0. The van der Waals surface area contributed by atoms with Crippen molar-refractivity contribution in [2.45, 2.75) is 78.1 Å². The van der Waals surface area contributed by atoms with Gasteiger partial charge in [0.15, 0.2) is 0 Å². The molecule has 0 bridgehead atoms. The van der Waals surface area contributed by atoms with Crippen LogP contribution in [0.2, 0.25) is 0 Å². The zero-order chi connectivity index (χ0) is 12.5. The zero-order valence-corrected chi connectivity index (χ0v) is 12.0. The standard InChI is InChI=1S/C16H32O/c1-3-4-5-6-7-15-8-10-16(11-9-15)12-14(2)13-17/h14-17H,3-13H2,1-2H3. The highest BCUT2D eigenvalue weighted by Gasteiger charge is 2.21. The summed E-state index contributed by atoms with van der Waals surface area (Å²) in [4.78, 5) is 0. The molecule has 1 fully saturated rings. The van der Waals surface area contributed by atoms with Crippen LogP contribution in [0.25, 0.3) is 0 Å². The van der Waals surface area contributed by atoms with E-state index >= 15 is 0 Å². The number of hydrogen-bond donors (Lipinski definition) is 1. The largest absolute Gasteiger partial charge is 0.396 e. The Morgan fingerprint density at radius 2 is 1.65 bits per heavy atom. The molecule has 0 aromatic heterocycles. The van der Waals surface area contributed by atoms with E-state index in [2.05, 4.69) is 13.8 Å². The molecule has 0 amide bonds. The lowest BCUT2D eigenvalue weighted by molar-refractivity contribution is 0.179. The van der Waals surface area contributed by atoms with Crippen LogP contribution in [0, 0.1) is 17.8 Å². The Bertz CT molecular complexity index is 170. The summed E-state index contributed by atoms with van der Waals surface area (Å²) in [6.45, 7) is 4.83. The smallest absolute Gasteiger partial charge is 0.0456 e. The number of unbranched alkanes of at least 4 members (excludes halogenated alkanes) is 3. The summed E-state index contributed by atoms with van der Waals surface area (Å²) in [6.07, 6.45) is 14.1. The first-order valence-electron chi connectivity index (χ1n) is 7.87. The van der Waals surface area contributed by atoms with E-state index in [1.807, 2.05) is 0 Å². The molecule has 0 saturated heterocycles. The molecule has 0 heterocycles. The topological polar surface area (TPSA) is 20.2 Å². The van der Waals surface area contributed by atoms with E-state index in [9.17, 15) is 0 Å². The molecule has 1 rings (SSSR count). The average Bonchev–Trinajstić information content (AvgIpc) is 2.36. The highest BCUT2D eigenvalue weighted by atomic mass is 16.3. The summed E-state index contributed by atoms with van der Waals surface area (Å²) in [5.41, 5.74) is 0. The van der Waals surface area contributed by atoms with Crippen molar-refractivity contribution < 1.29 is 5.11 Å². The van der Waals surface area contributed by atoms with Crippen molar-refractivity contribution in [2.75, 3.05) is 6.61 Å². The van der Waals surface area contributed by atoms with Crippen LogP contribution in [0.3, 0.4) is 0 Å². The Balaban J connectivity index is 2.05. The van der Waals surface area contributed by atoms with Crippen LogP contribution < -0.4 is 0 Å². The predicted octanol–water partition coefficient (Wildman–Crippen LogP) is 4.78. The first-order valence-corrected chi connectivity index (χ1v) is 7.87. The number of aliphatic hydroxyl groups excluding tert-OH is 1. The van der Waals surface area contributed by atoms with Crippen LogP contribution in [0.5, 0.6) is 0 Å². The molecule has 0 radical (unpaired) electrons. The maximum absolute atomic E-state index is 9.08. The Morgan fingerprint density at radius 1 is 1.00 bits per heavy atom. The molecule has 1 saturated carbocycles. The Hall–Kier alpha value is -0.0400. The van der Waals surface area contributed by atoms with Gasteiger partial charge in [-0.25, -0.2) is 0 Å². The molecule has 1 atom stereocenters. The molecule has 1 aliphatic rings. The molecule has 0 aromatic carbocycles. The van der Waals surface area contributed by atoms with Crippen LogP contribution in [-0.2, 0) is 0 Å². The lowest BCUT2D eigenvalue weighted by Crippen LogP contribution is -2.17. The van der Waals surface area contributed by atoms with Crippen molar-refractivity contribution in [3.8, 4) is 0 Å². The second-order valence-electron chi connectivity index (χ2n) is 6.26. The van der Waals surface area contributed by atoms with Gasteiger partial charge in [-0.1, -0.05) is 71.6 Å². The van der Waals surface area contributed by atoms with Gasteiger partial charge in [-0.05, 0) is 24.2 Å². The molecule has 1 N–H and O–H groups in total. The molecule has 0 aliphatic heterocycles. The highest BCUT2D eigenvalue weighted by Crippen LogP contribution is 2.35. The Labute approximate surface area is 108 Å². The minimum Gasteiger partial charge on any atom is -0.396 e. The summed E-state index contributed by atoms with van der Waals surface area (Å²) in [5.74, 6) is 2.44. The van der Waals surface area contributed by atoms with Crippen molar-refractivity contribution in [2.24, 2.45) is 17.8 Å². The normalized spacial score (nSPS) is 27.0. The van der Waals surface area contributed by atoms with E-state index in [0.717, 1.165) is 11.8 Å².